The van der Waals surface area contributed by atoms with Gasteiger partial charge in [-0.2, -0.15) is 11.8 Å². The highest BCUT2D eigenvalue weighted by Gasteiger charge is 2.41. The van der Waals surface area contributed by atoms with Crippen LogP contribution in [-0.4, -0.2) is 72.0 Å². The number of ether oxygens (including phenoxy) is 1. The van der Waals surface area contributed by atoms with Gasteiger partial charge in [-0.1, -0.05) is 17.7 Å². The van der Waals surface area contributed by atoms with Gasteiger partial charge in [-0.25, -0.2) is 0 Å². The number of rotatable bonds is 3. The molecule has 1 aromatic rings. The van der Waals surface area contributed by atoms with Gasteiger partial charge in [-0.3, -0.25) is 9.59 Å². The summed E-state index contributed by atoms with van der Waals surface area (Å²) in [5, 5.41) is 0.564. The summed E-state index contributed by atoms with van der Waals surface area (Å²) in [5.74, 6) is 0.698. The van der Waals surface area contributed by atoms with Crippen molar-refractivity contribution in [1.29, 1.82) is 0 Å². The smallest absolute Gasteiger partial charge is 0.254 e. The van der Waals surface area contributed by atoms with Crippen molar-refractivity contribution in [3.63, 3.8) is 0 Å². The molecule has 0 aromatic heterocycles. The van der Waals surface area contributed by atoms with E-state index in [4.69, 9.17) is 16.3 Å². The van der Waals surface area contributed by atoms with Crippen LogP contribution in [0.3, 0.4) is 0 Å². The Kier molecular flexibility index (Phi) is 5.92. The number of nitrogens with zero attached hydrogens (tertiary/aromatic N) is 2. The van der Waals surface area contributed by atoms with Crippen molar-refractivity contribution < 1.29 is 14.3 Å². The van der Waals surface area contributed by atoms with Crippen LogP contribution in [0, 0.1) is 0 Å². The molecule has 0 radical (unpaired) electrons. The third kappa shape index (κ3) is 4.30. The van der Waals surface area contributed by atoms with Gasteiger partial charge in [-0.15, -0.1) is 0 Å². The van der Waals surface area contributed by atoms with E-state index in [2.05, 4.69) is 0 Å². The number of piperidine rings is 1. The Balaban J connectivity index is 1.64. The minimum absolute atomic E-state index is 0.00827. The maximum atomic E-state index is 12.8. The number of carbonyl (C=O) groups is 2. The summed E-state index contributed by atoms with van der Waals surface area (Å²) in [6, 6.07) is 7.05. The van der Waals surface area contributed by atoms with Gasteiger partial charge in [0.2, 0.25) is 5.91 Å². The van der Waals surface area contributed by atoms with E-state index >= 15 is 0 Å². The molecule has 1 aromatic carbocycles. The Labute approximate surface area is 157 Å². The van der Waals surface area contributed by atoms with Crippen molar-refractivity contribution in [2.75, 3.05) is 44.8 Å². The van der Waals surface area contributed by atoms with E-state index in [0.717, 1.165) is 12.8 Å². The molecule has 3 rings (SSSR count). The predicted octanol–water partition coefficient (Wildman–Crippen LogP) is 2.54. The molecule has 2 fully saturated rings. The van der Waals surface area contributed by atoms with Gasteiger partial charge >= 0.3 is 0 Å². The average molecular weight is 383 g/mol. The number of halogens is 1. The molecule has 0 N–H and O–H groups in total. The van der Waals surface area contributed by atoms with Gasteiger partial charge in [-0.05, 0) is 37.3 Å². The number of morpholine rings is 1. The number of likely N-dealkylation sites (tertiary alicyclic amines) is 1. The SMILES string of the molecule is CSCC(=O)N1CCC2(CC1)CN(C(=O)c1cccc(Cl)c1)CCO2. The van der Waals surface area contributed by atoms with Gasteiger partial charge in [0.05, 0.1) is 24.5 Å². The van der Waals surface area contributed by atoms with E-state index in [9.17, 15) is 9.59 Å². The lowest BCUT2D eigenvalue weighted by molar-refractivity contribution is -0.144. The maximum absolute atomic E-state index is 12.8. The number of carbonyl (C=O) groups excluding carboxylic acids is 2. The molecule has 7 heteroatoms. The predicted molar refractivity (Wildman–Crippen MR) is 100 cm³/mol. The average Bonchev–Trinajstić information content (AvgIpc) is 2.62. The number of hydrogen-bond donors (Lipinski definition) is 0. The van der Waals surface area contributed by atoms with E-state index in [1.165, 1.54) is 0 Å². The summed E-state index contributed by atoms with van der Waals surface area (Å²) in [6.45, 7) is 3.08. The van der Waals surface area contributed by atoms with Crippen molar-refractivity contribution in [2.45, 2.75) is 18.4 Å². The second-order valence-corrected chi connectivity index (χ2v) is 7.88. The molecule has 2 saturated heterocycles. The van der Waals surface area contributed by atoms with E-state index < -0.39 is 0 Å². The molecule has 2 heterocycles. The normalized spacial score (nSPS) is 19.9. The quantitative estimate of drug-likeness (QED) is 0.806. The Bertz CT molecular complexity index is 647. The van der Waals surface area contributed by atoms with Crippen molar-refractivity contribution in [1.82, 2.24) is 9.80 Å². The van der Waals surface area contributed by atoms with Crippen molar-refractivity contribution in [3.05, 3.63) is 34.9 Å². The Hall–Kier alpha value is -1.24. The third-order valence-corrected chi connectivity index (χ3v) is 5.67. The van der Waals surface area contributed by atoms with E-state index in [-0.39, 0.29) is 17.4 Å². The molecule has 1 spiro atoms. The highest BCUT2D eigenvalue weighted by Crippen LogP contribution is 2.31. The molecular weight excluding hydrogens is 360 g/mol. The summed E-state index contributed by atoms with van der Waals surface area (Å²) in [4.78, 5) is 28.6. The molecule has 2 aliphatic rings. The van der Waals surface area contributed by atoms with Crippen LogP contribution in [0.4, 0.5) is 0 Å². The lowest BCUT2D eigenvalue weighted by atomic mass is 9.89. The zero-order chi connectivity index (χ0) is 17.9. The first-order valence-electron chi connectivity index (χ1n) is 8.48. The molecule has 25 heavy (non-hydrogen) atoms. The minimum Gasteiger partial charge on any atom is -0.371 e. The van der Waals surface area contributed by atoms with Gasteiger partial charge in [0, 0.05) is 30.2 Å². The van der Waals surface area contributed by atoms with Crippen LogP contribution in [0.25, 0.3) is 0 Å². The summed E-state index contributed by atoms with van der Waals surface area (Å²) in [7, 11) is 0. The molecule has 0 saturated carbocycles. The molecule has 0 atom stereocenters. The lowest BCUT2D eigenvalue weighted by Gasteiger charge is -2.47. The number of benzene rings is 1. The minimum atomic E-state index is -0.331. The van der Waals surface area contributed by atoms with Gasteiger partial charge in [0.1, 0.15) is 0 Å². The van der Waals surface area contributed by atoms with Crippen LogP contribution in [0.15, 0.2) is 24.3 Å². The zero-order valence-corrected chi connectivity index (χ0v) is 15.9. The van der Waals surface area contributed by atoms with Crippen LogP contribution in [0.2, 0.25) is 5.02 Å². The second-order valence-electron chi connectivity index (χ2n) is 6.58. The van der Waals surface area contributed by atoms with E-state index in [1.807, 2.05) is 16.1 Å². The van der Waals surface area contributed by atoms with Crippen LogP contribution < -0.4 is 0 Å². The second kappa shape index (κ2) is 7.98. The Morgan fingerprint density at radius 1 is 1.24 bits per heavy atom. The van der Waals surface area contributed by atoms with Crippen LogP contribution in [0.1, 0.15) is 23.2 Å². The van der Waals surface area contributed by atoms with Gasteiger partial charge in [0.15, 0.2) is 0 Å². The molecule has 0 bridgehead atoms. The zero-order valence-electron chi connectivity index (χ0n) is 14.4. The fourth-order valence-corrected chi connectivity index (χ4v) is 4.12. The monoisotopic (exact) mass is 382 g/mol. The maximum Gasteiger partial charge on any atom is 0.254 e. The molecule has 2 amide bonds. The Morgan fingerprint density at radius 2 is 2.00 bits per heavy atom. The van der Waals surface area contributed by atoms with E-state index in [1.54, 1.807) is 36.0 Å². The number of hydrogen-bond acceptors (Lipinski definition) is 4. The lowest BCUT2D eigenvalue weighted by Crippen LogP contribution is -2.58. The molecule has 0 unspecified atom stereocenters. The van der Waals surface area contributed by atoms with Gasteiger partial charge in [0.25, 0.3) is 5.91 Å². The first-order valence-corrected chi connectivity index (χ1v) is 10.3. The number of thioether (sulfide) groups is 1. The van der Waals surface area contributed by atoms with Crippen LogP contribution in [-0.2, 0) is 9.53 Å². The van der Waals surface area contributed by atoms with Crippen LogP contribution in [0.5, 0.6) is 0 Å². The van der Waals surface area contributed by atoms with Gasteiger partial charge < -0.3 is 14.5 Å². The van der Waals surface area contributed by atoms with E-state index in [0.29, 0.717) is 49.1 Å². The largest absolute Gasteiger partial charge is 0.371 e. The first-order chi connectivity index (χ1) is 12.0. The summed E-state index contributed by atoms with van der Waals surface area (Å²) in [6.07, 6.45) is 3.48. The highest BCUT2D eigenvalue weighted by atomic mass is 35.5. The fraction of sp³-hybridized carbons (Fsp3) is 0.556. The molecule has 0 aliphatic carbocycles. The topological polar surface area (TPSA) is 49.9 Å². The number of amides is 2. The molecular formula is C18H23ClN2O3S. The van der Waals surface area contributed by atoms with Crippen LogP contribution >= 0.6 is 23.4 Å². The van der Waals surface area contributed by atoms with Crippen molar-refractivity contribution in [3.8, 4) is 0 Å². The fourth-order valence-electron chi connectivity index (χ4n) is 3.50. The molecule has 136 valence electrons. The standard InChI is InChI=1S/C18H23ClN2O3S/c1-25-12-16(22)20-7-5-18(6-8-20)13-21(9-10-24-18)17(23)14-3-2-4-15(19)11-14/h2-4,11H,5-10,12-13H2,1H3. The molecule has 2 aliphatic heterocycles. The third-order valence-electron chi connectivity index (χ3n) is 4.90. The molecule has 5 nitrogen and oxygen atoms in total. The Morgan fingerprint density at radius 3 is 2.68 bits per heavy atom. The first kappa shape index (κ1) is 18.5. The van der Waals surface area contributed by atoms with Crippen molar-refractivity contribution in [2.24, 2.45) is 0 Å². The summed E-state index contributed by atoms with van der Waals surface area (Å²) in [5.41, 5.74) is 0.278. The van der Waals surface area contributed by atoms with Crippen molar-refractivity contribution >= 4 is 35.2 Å². The summed E-state index contributed by atoms with van der Waals surface area (Å²) >= 11 is 7.55. The highest BCUT2D eigenvalue weighted by molar-refractivity contribution is 7.99. The summed E-state index contributed by atoms with van der Waals surface area (Å²) < 4.78 is 6.07.